The van der Waals surface area contributed by atoms with E-state index in [9.17, 15) is 0 Å². The van der Waals surface area contributed by atoms with Crippen LogP contribution in [0.5, 0.6) is 5.75 Å². The van der Waals surface area contributed by atoms with Crippen LogP contribution in [0.3, 0.4) is 0 Å². The first-order valence-electron chi connectivity index (χ1n) is 2.70. The summed E-state index contributed by atoms with van der Waals surface area (Å²) in [5, 5.41) is 15.9. The van der Waals surface area contributed by atoms with Crippen molar-refractivity contribution in [2.45, 2.75) is 0 Å². The van der Waals surface area contributed by atoms with Crippen LogP contribution in [0.25, 0.3) is 0 Å². The third-order valence-corrected chi connectivity index (χ3v) is 1.04. The predicted molar refractivity (Wildman–Crippen MR) is 36.9 cm³/mol. The fourth-order valence-electron chi connectivity index (χ4n) is 0.604. The molecule has 0 aliphatic carbocycles. The molecule has 0 saturated heterocycles. The summed E-state index contributed by atoms with van der Waals surface area (Å²) < 4.78 is 0. The van der Waals surface area contributed by atoms with Crippen molar-refractivity contribution in [1.29, 1.82) is 5.41 Å². The molecule has 0 fully saturated rings. The zero-order valence-corrected chi connectivity index (χ0v) is 5.20. The molecule has 0 spiro atoms. The van der Waals surface area contributed by atoms with Crippen LogP contribution in [0, 0.1) is 5.41 Å². The maximum atomic E-state index is 9.00. The van der Waals surface area contributed by atoms with Gasteiger partial charge in [0, 0.05) is 6.20 Å². The Kier molecular flexibility index (Phi) is 1.53. The molecule has 1 heterocycles. The zero-order valence-electron chi connectivity index (χ0n) is 5.20. The Balaban J connectivity index is 3.15. The zero-order chi connectivity index (χ0) is 7.56. The SMILES string of the molecule is N=C(N)c1ncccc1O. The lowest BCUT2D eigenvalue weighted by Gasteiger charge is -1.97. The second kappa shape index (κ2) is 2.34. The summed E-state index contributed by atoms with van der Waals surface area (Å²) in [6.07, 6.45) is 1.47. The van der Waals surface area contributed by atoms with Gasteiger partial charge >= 0.3 is 0 Å². The highest BCUT2D eigenvalue weighted by Gasteiger charge is 2.01. The standard InChI is InChI=1S/C6H7N3O/c7-6(8)5-4(10)2-1-3-9-5/h1-3,10H,(H3,7,8). The lowest BCUT2D eigenvalue weighted by molar-refractivity contribution is 0.471. The largest absolute Gasteiger partial charge is 0.506 e. The maximum absolute atomic E-state index is 9.00. The van der Waals surface area contributed by atoms with Gasteiger partial charge in [0.1, 0.15) is 17.3 Å². The molecule has 4 nitrogen and oxygen atoms in total. The minimum absolute atomic E-state index is 0.0602. The minimum Gasteiger partial charge on any atom is -0.506 e. The van der Waals surface area contributed by atoms with Crippen LogP contribution in [0.15, 0.2) is 18.3 Å². The number of aromatic nitrogens is 1. The fraction of sp³-hybridized carbons (Fsp3) is 0. The van der Waals surface area contributed by atoms with Crippen molar-refractivity contribution in [3.63, 3.8) is 0 Å². The van der Waals surface area contributed by atoms with Gasteiger partial charge in [0.05, 0.1) is 0 Å². The Bertz CT molecular complexity index is 259. The van der Waals surface area contributed by atoms with Gasteiger partial charge in [0.2, 0.25) is 0 Å². The number of nitrogens with two attached hydrogens (primary N) is 1. The molecule has 0 saturated carbocycles. The van der Waals surface area contributed by atoms with Crippen LogP contribution in [0.4, 0.5) is 0 Å². The third kappa shape index (κ3) is 1.05. The van der Waals surface area contributed by atoms with Crippen molar-refractivity contribution in [2.24, 2.45) is 5.73 Å². The number of pyridine rings is 1. The molecule has 4 N–H and O–H groups in total. The molecule has 0 amide bonds. The van der Waals surface area contributed by atoms with E-state index in [4.69, 9.17) is 16.2 Å². The van der Waals surface area contributed by atoms with E-state index in [1.165, 1.54) is 12.3 Å². The number of nitrogens with one attached hydrogen (secondary N) is 1. The first kappa shape index (κ1) is 6.54. The van der Waals surface area contributed by atoms with E-state index in [0.717, 1.165) is 0 Å². The van der Waals surface area contributed by atoms with Gasteiger partial charge in [0.15, 0.2) is 0 Å². The molecule has 0 atom stereocenters. The summed E-state index contributed by atoms with van der Waals surface area (Å²) in [7, 11) is 0. The van der Waals surface area contributed by atoms with E-state index < -0.39 is 0 Å². The van der Waals surface area contributed by atoms with Crippen LogP contribution in [0.2, 0.25) is 0 Å². The fourth-order valence-corrected chi connectivity index (χ4v) is 0.604. The van der Waals surface area contributed by atoms with Crippen molar-refractivity contribution in [3.8, 4) is 5.75 Å². The number of nitrogen functional groups attached to an aromatic ring is 1. The first-order chi connectivity index (χ1) is 4.72. The molecule has 0 radical (unpaired) electrons. The topological polar surface area (TPSA) is 83.0 Å². The average Bonchev–Trinajstić information content (AvgIpc) is 1.88. The van der Waals surface area contributed by atoms with Gasteiger partial charge in [0.25, 0.3) is 0 Å². The first-order valence-corrected chi connectivity index (χ1v) is 2.70. The molecular formula is C6H7N3O. The lowest BCUT2D eigenvalue weighted by atomic mass is 10.3. The van der Waals surface area contributed by atoms with Gasteiger partial charge in [-0.05, 0) is 12.1 Å². The lowest BCUT2D eigenvalue weighted by Crippen LogP contribution is -2.12. The minimum atomic E-state index is -0.224. The maximum Gasteiger partial charge on any atom is 0.146 e. The molecule has 0 unspecified atom stereocenters. The van der Waals surface area contributed by atoms with Crippen molar-refractivity contribution in [3.05, 3.63) is 24.0 Å². The molecule has 0 aliphatic rings. The van der Waals surface area contributed by atoms with Gasteiger partial charge in [-0.15, -0.1) is 0 Å². The van der Waals surface area contributed by atoms with Crippen molar-refractivity contribution in [1.82, 2.24) is 4.98 Å². The van der Waals surface area contributed by atoms with E-state index in [-0.39, 0.29) is 17.3 Å². The Morgan fingerprint density at radius 3 is 2.80 bits per heavy atom. The van der Waals surface area contributed by atoms with E-state index in [0.29, 0.717) is 0 Å². The Morgan fingerprint density at radius 1 is 1.70 bits per heavy atom. The smallest absolute Gasteiger partial charge is 0.146 e. The predicted octanol–water partition coefficient (Wildman–Crippen LogP) is 0.0713. The van der Waals surface area contributed by atoms with Gasteiger partial charge in [-0.1, -0.05) is 0 Å². The molecule has 0 bridgehead atoms. The number of hydrogen-bond acceptors (Lipinski definition) is 3. The molecule has 1 rings (SSSR count). The third-order valence-electron chi connectivity index (χ3n) is 1.04. The van der Waals surface area contributed by atoms with Gasteiger partial charge < -0.3 is 10.8 Å². The number of nitrogens with zero attached hydrogens (tertiary/aromatic N) is 1. The summed E-state index contributed by atoms with van der Waals surface area (Å²) in [4.78, 5) is 3.68. The second-order valence-corrected chi connectivity index (χ2v) is 1.78. The quantitative estimate of drug-likeness (QED) is 0.378. The second-order valence-electron chi connectivity index (χ2n) is 1.78. The average molecular weight is 137 g/mol. The molecular weight excluding hydrogens is 130 g/mol. The molecule has 4 heteroatoms. The van der Waals surface area contributed by atoms with Crippen LogP contribution in [0.1, 0.15) is 5.69 Å². The summed E-state index contributed by atoms with van der Waals surface area (Å²) in [5.41, 5.74) is 5.20. The van der Waals surface area contributed by atoms with Crippen molar-refractivity contribution < 1.29 is 5.11 Å². The summed E-state index contributed by atoms with van der Waals surface area (Å²) in [6.45, 7) is 0. The molecule has 10 heavy (non-hydrogen) atoms. The van der Waals surface area contributed by atoms with Gasteiger partial charge in [-0.2, -0.15) is 0 Å². The number of aromatic hydroxyl groups is 1. The summed E-state index contributed by atoms with van der Waals surface area (Å²) in [6, 6.07) is 3.01. The van der Waals surface area contributed by atoms with E-state index in [1.54, 1.807) is 6.07 Å². The van der Waals surface area contributed by atoms with E-state index in [1.807, 2.05) is 0 Å². The number of hydrogen-bond donors (Lipinski definition) is 3. The van der Waals surface area contributed by atoms with Crippen LogP contribution < -0.4 is 5.73 Å². The molecule has 0 aliphatic heterocycles. The van der Waals surface area contributed by atoms with Crippen LogP contribution in [-0.4, -0.2) is 15.9 Å². The van der Waals surface area contributed by atoms with E-state index in [2.05, 4.69) is 4.98 Å². The number of rotatable bonds is 1. The summed E-state index contributed by atoms with van der Waals surface area (Å²) >= 11 is 0. The highest BCUT2D eigenvalue weighted by molar-refractivity contribution is 5.95. The molecule has 1 aromatic rings. The van der Waals surface area contributed by atoms with Crippen LogP contribution in [-0.2, 0) is 0 Å². The Hall–Kier alpha value is -1.58. The monoisotopic (exact) mass is 137 g/mol. The molecule has 52 valence electrons. The normalized spacial score (nSPS) is 9.20. The Morgan fingerprint density at radius 2 is 2.40 bits per heavy atom. The van der Waals surface area contributed by atoms with Crippen molar-refractivity contribution >= 4 is 5.84 Å². The summed E-state index contributed by atoms with van der Waals surface area (Å²) in [5.74, 6) is -0.284. The highest BCUT2D eigenvalue weighted by Crippen LogP contribution is 2.10. The van der Waals surface area contributed by atoms with Crippen molar-refractivity contribution in [2.75, 3.05) is 0 Å². The number of amidine groups is 1. The van der Waals surface area contributed by atoms with Gasteiger partial charge in [-0.25, -0.2) is 4.98 Å². The van der Waals surface area contributed by atoms with E-state index >= 15 is 0 Å². The van der Waals surface area contributed by atoms with Crippen LogP contribution >= 0.6 is 0 Å². The molecule has 0 aromatic carbocycles. The highest BCUT2D eigenvalue weighted by atomic mass is 16.3. The Labute approximate surface area is 57.8 Å². The molecule has 1 aromatic heterocycles. The van der Waals surface area contributed by atoms with Gasteiger partial charge in [-0.3, -0.25) is 5.41 Å².